The summed E-state index contributed by atoms with van der Waals surface area (Å²) in [5.41, 5.74) is 9.26. The first-order valence-corrected chi connectivity index (χ1v) is 13.0. The van der Waals surface area contributed by atoms with Gasteiger partial charge in [-0.1, -0.05) is 84.9 Å². The number of pyridine rings is 1. The van der Waals surface area contributed by atoms with Gasteiger partial charge in [-0.05, 0) is 80.9 Å². The molecule has 8 aromatic rings. The third kappa shape index (κ3) is 3.32. The van der Waals surface area contributed by atoms with E-state index in [4.69, 9.17) is 4.98 Å². The maximum absolute atomic E-state index is 9.62. The van der Waals surface area contributed by atoms with Crippen molar-refractivity contribution in [3.8, 4) is 28.3 Å². The standard InChI is InChI=1S/C36H21N3/c37-22-23-9-17-30-32-21-29(16-18-31(32)36-38-33-7-3-4-8-34(33)39(36)35(30)19-23)26-12-10-25(11-13-26)28-15-14-24-5-1-2-6-27(24)20-28/h1-21H. The average Bonchev–Trinajstić information content (AvgIpc) is 3.40. The molecule has 0 N–H and O–H groups in total. The van der Waals surface area contributed by atoms with E-state index in [-0.39, 0.29) is 0 Å². The minimum Gasteiger partial charge on any atom is -0.292 e. The third-order valence-corrected chi connectivity index (χ3v) is 7.78. The van der Waals surface area contributed by atoms with Gasteiger partial charge in [-0.15, -0.1) is 0 Å². The average molecular weight is 496 g/mol. The summed E-state index contributed by atoms with van der Waals surface area (Å²) < 4.78 is 2.19. The van der Waals surface area contributed by atoms with Crippen molar-refractivity contribution in [1.82, 2.24) is 9.38 Å². The van der Waals surface area contributed by atoms with Crippen molar-refractivity contribution in [1.29, 1.82) is 5.26 Å². The van der Waals surface area contributed by atoms with Gasteiger partial charge in [-0.3, -0.25) is 4.40 Å². The first-order chi connectivity index (χ1) is 19.3. The fourth-order valence-electron chi connectivity index (χ4n) is 5.83. The summed E-state index contributed by atoms with van der Waals surface area (Å²) in [7, 11) is 0. The molecule has 0 spiro atoms. The Morgan fingerprint density at radius 1 is 0.513 bits per heavy atom. The first kappa shape index (κ1) is 21.6. The van der Waals surface area contributed by atoms with Crippen molar-refractivity contribution < 1.29 is 0 Å². The molecular formula is C36H21N3. The quantitative estimate of drug-likeness (QED) is 0.224. The number of nitrogens with zero attached hydrogens (tertiary/aromatic N) is 3. The zero-order valence-electron chi connectivity index (χ0n) is 21.0. The van der Waals surface area contributed by atoms with Crippen LogP contribution >= 0.6 is 0 Å². The highest BCUT2D eigenvalue weighted by atomic mass is 15.0. The van der Waals surface area contributed by atoms with Crippen molar-refractivity contribution in [3.05, 3.63) is 133 Å². The van der Waals surface area contributed by atoms with Crippen molar-refractivity contribution in [2.24, 2.45) is 0 Å². The van der Waals surface area contributed by atoms with Crippen molar-refractivity contribution >= 4 is 49.1 Å². The molecule has 0 aliphatic rings. The number of rotatable bonds is 2. The molecule has 6 aromatic carbocycles. The molecule has 3 heteroatoms. The Bertz CT molecular complexity index is 2280. The van der Waals surface area contributed by atoms with Crippen LogP contribution in [0.25, 0.3) is 71.4 Å². The molecule has 0 fully saturated rings. The van der Waals surface area contributed by atoms with E-state index in [2.05, 4.69) is 108 Å². The lowest BCUT2D eigenvalue weighted by Gasteiger charge is -2.12. The highest BCUT2D eigenvalue weighted by Crippen LogP contribution is 2.36. The van der Waals surface area contributed by atoms with Crippen molar-refractivity contribution in [2.75, 3.05) is 0 Å². The van der Waals surface area contributed by atoms with Gasteiger partial charge in [0.1, 0.15) is 5.65 Å². The van der Waals surface area contributed by atoms with E-state index in [1.165, 1.54) is 21.9 Å². The fourth-order valence-corrected chi connectivity index (χ4v) is 5.83. The number of nitriles is 1. The second kappa shape index (κ2) is 8.28. The highest BCUT2D eigenvalue weighted by Gasteiger charge is 2.15. The van der Waals surface area contributed by atoms with Gasteiger partial charge in [0.2, 0.25) is 0 Å². The SMILES string of the molecule is N#Cc1ccc2c3cc(-c4ccc(-c5ccc6ccccc6c5)cc4)ccc3c3nc4ccccc4n3c2c1. The Morgan fingerprint density at radius 3 is 2.00 bits per heavy atom. The molecule has 0 unspecified atom stereocenters. The molecule has 2 heterocycles. The van der Waals surface area contributed by atoms with E-state index in [0.717, 1.165) is 49.5 Å². The van der Waals surface area contributed by atoms with Gasteiger partial charge < -0.3 is 0 Å². The number of hydrogen-bond acceptors (Lipinski definition) is 2. The monoisotopic (exact) mass is 495 g/mol. The lowest BCUT2D eigenvalue weighted by Crippen LogP contribution is -1.93. The molecule has 0 bridgehead atoms. The van der Waals surface area contributed by atoms with Crippen molar-refractivity contribution in [3.63, 3.8) is 0 Å². The number of benzene rings is 6. The predicted molar refractivity (Wildman–Crippen MR) is 161 cm³/mol. The van der Waals surface area contributed by atoms with E-state index in [0.29, 0.717) is 5.56 Å². The van der Waals surface area contributed by atoms with E-state index < -0.39 is 0 Å². The van der Waals surface area contributed by atoms with Gasteiger partial charge in [0.05, 0.1) is 28.2 Å². The minimum absolute atomic E-state index is 0.640. The summed E-state index contributed by atoms with van der Waals surface area (Å²) in [5, 5.41) is 15.5. The Labute approximate surface area is 224 Å². The van der Waals surface area contributed by atoms with Crippen LogP contribution in [0.3, 0.4) is 0 Å². The molecule has 0 aliphatic carbocycles. The Kier molecular flexibility index (Phi) is 4.59. The maximum Gasteiger partial charge on any atom is 0.146 e. The van der Waals surface area contributed by atoms with Gasteiger partial charge in [0.15, 0.2) is 0 Å². The number of imidazole rings is 1. The topological polar surface area (TPSA) is 41.1 Å². The molecule has 8 rings (SSSR count). The van der Waals surface area contributed by atoms with Crippen LogP contribution in [0.15, 0.2) is 127 Å². The summed E-state index contributed by atoms with van der Waals surface area (Å²) >= 11 is 0. The molecule has 0 aliphatic heterocycles. The summed E-state index contributed by atoms with van der Waals surface area (Å²) in [6.07, 6.45) is 0. The summed E-state index contributed by atoms with van der Waals surface area (Å²) in [6.45, 7) is 0. The highest BCUT2D eigenvalue weighted by molar-refractivity contribution is 6.15. The van der Waals surface area contributed by atoms with Crippen LogP contribution in [0.5, 0.6) is 0 Å². The molecule has 0 radical (unpaired) electrons. The predicted octanol–water partition coefficient (Wildman–Crippen LogP) is 9.15. The minimum atomic E-state index is 0.640. The summed E-state index contributed by atoms with van der Waals surface area (Å²) in [4.78, 5) is 5.00. The third-order valence-electron chi connectivity index (χ3n) is 7.78. The van der Waals surface area contributed by atoms with Gasteiger partial charge in [0, 0.05) is 10.8 Å². The van der Waals surface area contributed by atoms with Gasteiger partial charge in [0.25, 0.3) is 0 Å². The van der Waals surface area contributed by atoms with Crippen LogP contribution in [0, 0.1) is 11.3 Å². The number of aromatic nitrogens is 2. The van der Waals surface area contributed by atoms with Crippen LogP contribution in [0.1, 0.15) is 5.56 Å². The smallest absolute Gasteiger partial charge is 0.146 e. The molecule has 2 aromatic heterocycles. The van der Waals surface area contributed by atoms with E-state index in [1.54, 1.807) is 0 Å². The Hall–Kier alpha value is -5.46. The van der Waals surface area contributed by atoms with Crippen LogP contribution < -0.4 is 0 Å². The van der Waals surface area contributed by atoms with Gasteiger partial charge in [-0.2, -0.15) is 5.26 Å². The molecule has 0 atom stereocenters. The van der Waals surface area contributed by atoms with E-state index in [9.17, 15) is 5.26 Å². The summed E-state index contributed by atoms with van der Waals surface area (Å²) in [6, 6.07) is 46.9. The van der Waals surface area contributed by atoms with Crippen molar-refractivity contribution in [2.45, 2.75) is 0 Å². The molecule has 39 heavy (non-hydrogen) atoms. The molecule has 0 saturated heterocycles. The number of para-hydroxylation sites is 2. The van der Waals surface area contributed by atoms with E-state index in [1.807, 2.05) is 30.3 Å². The molecule has 3 nitrogen and oxygen atoms in total. The lowest BCUT2D eigenvalue weighted by molar-refractivity contribution is 1.31. The van der Waals surface area contributed by atoms with Gasteiger partial charge >= 0.3 is 0 Å². The lowest BCUT2D eigenvalue weighted by atomic mass is 9.96. The molecule has 180 valence electrons. The van der Waals surface area contributed by atoms with Crippen LogP contribution in [0.2, 0.25) is 0 Å². The largest absolute Gasteiger partial charge is 0.292 e. The molecule has 0 saturated carbocycles. The van der Waals surface area contributed by atoms with Crippen LogP contribution in [0.4, 0.5) is 0 Å². The molecular weight excluding hydrogens is 474 g/mol. The van der Waals surface area contributed by atoms with E-state index >= 15 is 0 Å². The fraction of sp³-hybridized carbons (Fsp3) is 0. The van der Waals surface area contributed by atoms with Gasteiger partial charge in [-0.25, -0.2) is 4.98 Å². The van der Waals surface area contributed by atoms with Crippen LogP contribution in [-0.4, -0.2) is 9.38 Å². The maximum atomic E-state index is 9.62. The number of hydrogen-bond donors (Lipinski definition) is 0. The normalized spacial score (nSPS) is 11.6. The zero-order chi connectivity index (χ0) is 25.9. The Balaban J connectivity index is 1.31. The Morgan fingerprint density at radius 2 is 1.18 bits per heavy atom. The number of fused-ring (bicyclic) bond motifs is 9. The first-order valence-electron chi connectivity index (χ1n) is 13.0. The van der Waals surface area contributed by atoms with Crippen LogP contribution in [-0.2, 0) is 0 Å². The zero-order valence-corrected chi connectivity index (χ0v) is 21.0. The summed E-state index contributed by atoms with van der Waals surface area (Å²) in [5.74, 6) is 0. The molecule has 0 amide bonds. The second-order valence-corrected chi connectivity index (χ2v) is 10.0. The second-order valence-electron chi connectivity index (χ2n) is 10.0.